The minimum absolute atomic E-state index is 0.00605. The SMILES string of the molecule is CC(C)(C)OC(=O)Oc1ccc2cc(CO)ccc2c1. The highest BCUT2D eigenvalue weighted by atomic mass is 16.7. The highest BCUT2D eigenvalue weighted by molar-refractivity contribution is 5.85. The first-order valence-electron chi connectivity index (χ1n) is 6.42. The predicted octanol–water partition coefficient (Wildman–Crippen LogP) is 3.65. The molecule has 0 unspecified atom stereocenters. The fourth-order valence-electron chi connectivity index (χ4n) is 1.80. The molecule has 0 aromatic heterocycles. The molecule has 0 aliphatic carbocycles. The lowest BCUT2D eigenvalue weighted by Gasteiger charge is -2.18. The molecule has 0 atom stereocenters. The van der Waals surface area contributed by atoms with Gasteiger partial charge in [0.1, 0.15) is 11.4 Å². The van der Waals surface area contributed by atoms with E-state index in [4.69, 9.17) is 14.6 Å². The van der Waals surface area contributed by atoms with Crippen molar-refractivity contribution in [2.75, 3.05) is 0 Å². The van der Waals surface area contributed by atoms with Crippen molar-refractivity contribution in [3.63, 3.8) is 0 Å². The third-order valence-electron chi connectivity index (χ3n) is 2.65. The number of benzene rings is 2. The Morgan fingerprint density at radius 3 is 2.40 bits per heavy atom. The molecule has 2 aromatic rings. The average molecular weight is 274 g/mol. The lowest BCUT2D eigenvalue weighted by Crippen LogP contribution is -2.25. The molecule has 0 aliphatic heterocycles. The van der Waals surface area contributed by atoms with E-state index in [0.717, 1.165) is 16.3 Å². The fourth-order valence-corrected chi connectivity index (χ4v) is 1.80. The molecule has 106 valence electrons. The molecular formula is C16H18O4. The van der Waals surface area contributed by atoms with Crippen molar-refractivity contribution in [2.24, 2.45) is 0 Å². The van der Waals surface area contributed by atoms with Crippen LogP contribution in [0.4, 0.5) is 4.79 Å². The lowest BCUT2D eigenvalue weighted by molar-refractivity contribution is 0.0206. The minimum atomic E-state index is -0.719. The number of hydrogen-bond donors (Lipinski definition) is 1. The Morgan fingerprint density at radius 1 is 1.10 bits per heavy atom. The maximum absolute atomic E-state index is 11.6. The summed E-state index contributed by atoms with van der Waals surface area (Å²) in [7, 11) is 0. The van der Waals surface area contributed by atoms with Crippen LogP contribution in [0.2, 0.25) is 0 Å². The van der Waals surface area contributed by atoms with Gasteiger partial charge in [-0.2, -0.15) is 0 Å². The van der Waals surface area contributed by atoms with Crippen LogP contribution in [0.25, 0.3) is 10.8 Å². The van der Waals surface area contributed by atoms with Crippen molar-refractivity contribution in [2.45, 2.75) is 33.0 Å². The van der Waals surface area contributed by atoms with Crippen molar-refractivity contribution in [1.29, 1.82) is 0 Å². The van der Waals surface area contributed by atoms with Gasteiger partial charge in [-0.15, -0.1) is 0 Å². The van der Waals surface area contributed by atoms with Gasteiger partial charge in [0.15, 0.2) is 0 Å². The normalized spacial score (nSPS) is 11.4. The topological polar surface area (TPSA) is 55.8 Å². The molecule has 0 spiro atoms. The lowest BCUT2D eigenvalue weighted by atomic mass is 10.1. The van der Waals surface area contributed by atoms with Gasteiger partial charge in [0.2, 0.25) is 0 Å². The van der Waals surface area contributed by atoms with Gasteiger partial charge < -0.3 is 14.6 Å². The van der Waals surface area contributed by atoms with Crippen LogP contribution in [0, 0.1) is 0 Å². The summed E-state index contributed by atoms with van der Waals surface area (Å²) in [5, 5.41) is 11.0. The summed E-state index contributed by atoms with van der Waals surface area (Å²) in [6, 6.07) is 10.9. The Kier molecular flexibility index (Phi) is 3.95. The third-order valence-corrected chi connectivity index (χ3v) is 2.65. The first kappa shape index (κ1) is 14.3. The van der Waals surface area contributed by atoms with Gasteiger partial charge in [0.25, 0.3) is 0 Å². The molecule has 4 heteroatoms. The summed E-state index contributed by atoms with van der Waals surface area (Å²) in [5.74, 6) is 0.434. The van der Waals surface area contributed by atoms with Crippen molar-refractivity contribution in [3.8, 4) is 5.75 Å². The molecule has 0 fully saturated rings. The zero-order chi connectivity index (χ0) is 14.8. The van der Waals surface area contributed by atoms with E-state index in [1.807, 2.05) is 24.3 Å². The summed E-state index contributed by atoms with van der Waals surface area (Å²) in [5.41, 5.74) is 0.266. The number of carbonyl (C=O) groups excluding carboxylic acids is 1. The van der Waals surface area contributed by atoms with Gasteiger partial charge in [0.05, 0.1) is 6.61 Å². The standard InChI is InChI=1S/C16H18O4/c1-16(2,3)20-15(18)19-14-7-6-12-8-11(10-17)4-5-13(12)9-14/h4-9,17H,10H2,1-3H3. The van der Waals surface area contributed by atoms with Gasteiger partial charge in [0, 0.05) is 0 Å². The first-order valence-corrected chi connectivity index (χ1v) is 6.42. The van der Waals surface area contributed by atoms with Gasteiger partial charge in [-0.25, -0.2) is 4.79 Å². The summed E-state index contributed by atoms with van der Waals surface area (Å²) >= 11 is 0. The van der Waals surface area contributed by atoms with Gasteiger partial charge >= 0.3 is 6.16 Å². The second-order valence-electron chi connectivity index (χ2n) is 5.57. The van der Waals surface area contributed by atoms with E-state index in [1.54, 1.807) is 32.9 Å². The van der Waals surface area contributed by atoms with E-state index in [1.165, 1.54) is 0 Å². The zero-order valence-electron chi connectivity index (χ0n) is 11.8. The minimum Gasteiger partial charge on any atom is -0.428 e. The highest BCUT2D eigenvalue weighted by Crippen LogP contribution is 2.23. The highest BCUT2D eigenvalue weighted by Gasteiger charge is 2.18. The van der Waals surface area contributed by atoms with E-state index in [2.05, 4.69) is 0 Å². The maximum Gasteiger partial charge on any atom is 0.514 e. The Balaban J connectivity index is 2.18. The summed E-state index contributed by atoms with van der Waals surface area (Å²) in [6.45, 7) is 5.35. The zero-order valence-corrected chi connectivity index (χ0v) is 11.8. The second-order valence-corrected chi connectivity index (χ2v) is 5.57. The van der Waals surface area contributed by atoms with E-state index < -0.39 is 11.8 Å². The van der Waals surface area contributed by atoms with Crippen LogP contribution in [0.3, 0.4) is 0 Å². The second kappa shape index (κ2) is 5.51. The molecule has 0 aliphatic rings. The van der Waals surface area contributed by atoms with E-state index in [-0.39, 0.29) is 6.61 Å². The van der Waals surface area contributed by atoms with E-state index in [9.17, 15) is 4.79 Å². The Bertz CT molecular complexity index is 626. The average Bonchev–Trinajstić information content (AvgIpc) is 2.35. The van der Waals surface area contributed by atoms with Crippen LogP contribution >= 0.6 is 0 Å². The number of fused-ring (bicyclic) bond motifs is 1. The Labute approximate surface area is 117 Å². The number of carbonyl (C=O) groups is 1. The first-order chi connectivity index (χ1) is 9.37. The number of aliphatic hydroxyl groups excluding tert-OH is 1. The monoisotopic (exact) mass is 274 g/mol. The summed E-state index contributed by atoms with van der Waals surface area (Å²) in [6.07, 6.45) is -0.719. The van der Waals surface area contributed by atoms with Crippen LogP contribution in [-0.2, 0) is 11.3 Å². The molecule has 0 heterocycles. The van der Waals surface area contributed by atoms with Gasteiger partial charge in [-0.3, -0.25) is 0 Å². The molecule has 0 saturated heterocycles. The molecule has 1 N–H and O–H groups in total. The fraction of sp³-hybridized carbons (Fsp3) is 0.312. The van der Waals surface area contributed by atoms with Gasteiger partial charge in [-0.1, -0.05) is 18.2 Å². The van der Waals surface area contributed by atoms with Gasteiger partial charge in [-0.05, 0) is 55.3 Å². The Hall–Kier alpha value is -2.07. The molecule has 2 rings (SSSR count). The predicted molar refractivity (Wildman–Crippen MR) is 76.7 cm³/mol. The van der Waals surface area contributed by atoms with Crippen molar-refractivity contribution >= 4 is 16.9 Å². The molecule has 4 nitrogen and oxygen atoms in total. The molecule has 0 bridgehead atoms. The molecule has 20 heavy (non-hydrogen) atoms. The van der Waals surface area contributed by atoms with Crippen LogP contribution in [0.5, 0.6) is 5.75 Å². The molecular weight excluding hydrogens is 256 g/mol. The van der Waals surface area contributed by atoms with Crippen LogP contribution in [-0.4, -0.2) is 16.9 Å². The van der Waals surface area contributed by atoms with Crippen LogP contribution in [0.1, 0.15) is 26.3 Å². The largest absolute Gasteiger partial charge is 0.514 e. The molecule has 2 aromatic carbocycles. The van der Waals surface area contributed by atoms with Crippen molar-refractivity contribution in [1.82, 2.24) is 0 Å². The molecule has 0 amide bonds. The molecule has 0 radical (unpaired) electrons. The van der Waals surface area contributed by atoms with E-state index >= 15 is 0 Å². The Morgan fingerprint density at radius 2 is 1.75 bits per heavy atom. The summed E-state index contributed by atoms with van der Waals surface area (Å²) in [4.78, 5) is 11.6. The number of rotatable bonds is 2. The summed E-state index contributed by atoms with van der Waals surface area (Å²) < 4.78 is 10.2. The van der Waals surface area contributed by atoms with Crippen LogP contribution in [0.15, 0.2) is 36.4 Å². The maximum atomic E-state index is 11.6. The number of ether oxygens (including phenoxy) is 2. The molecule has 0 saturated carbocycles. The number of aliphatic hydroxyl groups is 1. The van der Waals surface area contributed by atoms with Crippen LogP contribution < -0.4 is 4.74 Å². The van der Waals surface area contributed by atoms with Crippen molar-refractivity contribution in [3.05, 3.63) is 42.0 Å². The number of hydrogen-bond acceptors (Lipinski definition) is 4. The quantitative estimate of drug-likeness (QED) is 0.671. The van der Waals surface area contributed by atoms with E-state index in [0.29, 0.717) is 5.75 Å². The van der Waals surface area contributed by atoms with Crippen molar-refractivity contribution < 1.29 is 19.4 Å². The third kappa shape index (κ3) is 3.71. The smallest absolute Gasteiger partial charge is 0.428 e.